The summed E-state index contributed by atoms with van der Waals surface area (Å²) in [7, 11) is 0. The molecule has 0 aromatic rings. The molecule has 6 nitrogen and oxygen atoms in total. The van der Waals surface area contributed by atoms with Crippen LogP contribution in [0.25, 0.3) is 0 Å². The van der Waals surface area contributed by atoms with Crippen molar-refractivity contribution in [3.63, 3.8) is 0 Å². The lowest BCUT2D eigenvalue weighted by Gasteiger charge is -1.95. The van der Waals surface area contributed by atoms with Crippen LogP contribution in [0.5, 0.6) is 0 Å². The summed E-state index contributed by atoms with van der Waals surface area (Å²) in [6.45, 7) is 8.68. The molecule has 0 spiro atoms. The van der Waals surface area contributed by atoms with E-state index in [0.29, 0.717) is 12.2 Å². The van der Waals surface area contributed by atoms with Gasteiger partial charge < -0.3 is 29.2 Å². The van der Waals surface area contributed by atoms with Gasteiger partial charge in [-0.2, -0.15) is 0 Å². The zero-order valence-electron chi connectivity index (χ0n) is 11.3. The molecule has 2 saturated heterocycles. The SMILES string of the molecule is C(OCC1CO1)C1CO1.CCOCC.OCCO. The molecule has 0 aromatic carbocycles. The quantitative estimate of drug-likeness (QED) is 0.622. The Hall–Kier alpha value is -0.240. The van der Waals surface area contributed by atoms with Crippen LogP contribution in [0.4, 0.5) is 0 Å². The second kappa shape index (κ2) is 13.2. The average Bonchev–Trinajstić information content (AvgIpc) is 3.26. The fourth-order valence-electron chi connectivity index (χ4n) is 0.864. The van der Waals surface area contributed by atoms with Gasteiger partial charge in [0.15, 0.2) is 0 Å². The molecule has 0 amide bonds. The zero-order valence-corrected chi connectivity index (χ0v) is 11.3. The lowest BCUT2D eigenvalue weighted by Crippen LogP contribution is -2.06. The Balaban J connectivity index is 0.000000278. The summed E-state index contributed by atoms with van der Waals surface area (Å²) in [6.07, 6.45) is 0.785. The number of aliphatic hydroxyl groups excluding tert-OH is 2. The Morgan fingerprint density at radius 3 is 1.44 bits per heavy atom. The van der Waals surface area contributed by atoms with E-state index in [2.05, 4.69) is 0 Å². The van der Waals surface area contributed by atoms with Gasteiger partial charge in [0.1, 0.15) is 12.2 Å². The predicted molar refractivity (Wildman–Crippen MR) is 66.6 cm³/mol. The van der Waals surface area contributed by atoms with Crippen LogP contribution in [0, 0.1) is 0 Å². The van der Waals surface area contributed by atoms with Gasteiger partial charge in [-0.1, -0.05) is 0 Å². The summed E-state index contributed by atoms with van der Waals surface area (Å²) in [5.74, 6) is 0. The summed E-state index contributed by atoms with van der Waals surface area (Å²) in [5.41, 5.74) is 0. The maximum Gasteiger partial charge on any atom is 0.104 e. The molecule has 2 unspecified atom stereocenters. The molecule has 0 radical (unpaired) electrons. The topological polar surface area (TPSA) is 84.0 Å². The molecule has 18 heavy (non-hydrogen) atoms. The minimum atomic E-state index is -0.125. The van der Waals surface area contributed by atoms with Gasteiger partial charge in [0.05, 0.1) is 39.6 Å². The van der Waals surface area contributed by atoms with Gasteiger partial charge in [-0.05, 0) is 13.8 Å². The van der Waals surface area contributed by atoms with E-state index in [4.69, 9.17) is 29.2 Å². The minimum absolute atomic E-state index is 0.125. The van der Waals surface area contributed by atoms with Gasteiger partial charge in [0, 0.05) is 13.2 Å². The van der Waals surface area contributed by atoms with Crippen molar-refractivity contribution in [1.82, 2.24) is 0 Å². The normalized spacial score (nSPS) is 23.3. The Bertz CT molecular complexity index is 143. The Morgan fingerprint density at radius 2 is 1.28 bits per heavy atom. The van der Waals surface area contributed by atoms with E-state index in [9.17, 15) is 0 Å². The molecule has 6 heteroatoms. The van der Waals surface area contributed by atoms with Gasteiger partial charge in [-0.3, -0.25) is 0 Å². The Labute approximate surface area is 109 Å². The molecule has 2 N–H and O–H groups in total. The fraction of sp³-hybridized carbons (Fsp3) is 1.00. The lowest BCUT2D eigenvalue weighted by molar-refractivity contribution is 0.102. The molecule has 2 aliphatic heterocycles. The van der Waals surface area contributed by atoms with Crippen LogP contribution < -0.4 is 0 Å². The summed E-state index contributed by atoms with van der Waals surface area (Å²) in [6, 6.07) is 0. The van der Waals surface area contributed by atoms with Crippen molar-refractivity contribution in [3.8, 4) is 0 Å². The smallest absolute Gasteiger partial charge is 0.104 e. The summed E-state index contributed by atoms with van der Waals surface area (Å²) in [4.78, 5) is 0. The zero-order chi connectivity index (χ0) is 13.6. The van der Waals surface area contributed by atoms with E-state index in [1.54, 1.807) is 0 Å². The minimum Gasteiger partial charge on any atom is -0.394 e. The molecule has 0 saturated carbocycles. The first-order valence-corrected chi connectivity index (χ1v) is 6.38. The summed E-state index contributed by atoms with van der Waals surface area (Å²) < 4.78 is 20.0. The molecule has 0 aromatic heterocycles. The first-order valence-electron chi connectivity index (χ1n) is 6.38. The third kappa shape index (κ3) is 15.8. The van der Waals surface area contributed by atoms with E-state index >= 15 is 0 Å². The maximum absolute atomic E-state index is 7.62. The Kier molecular flexibility index (Phi) is 13.0. The highest BCUT2D eigenvalue weighted by molar-refractivity contribution is 4.71. The molecule has 2 heterocycles. The molecular formula is C12H26O6. The largest absolute Gasteiger partial charge is 0.394 e. The van der Waals surface area contributed by atoms with Crippen molar-refractivity contribution >= 4 is 0 Å². The molecule has 0 bridgehead atoms. The molecular weight excluding hydrogens is 240 g/mol. The number of ether oxygens (including phenoxy) is 4. The molecule has 2 fully saturated rings. The highest BCUT2D eigenvalue weighted by Gasteiger charge is 2.26. The third-order valence-corrected chi connectivity index (χ3v) is 1.92. The van der Waals surface area contributed by atoms with E-state index in [-0.39, 0.29) is 13.2 Å². The molecule has 2 atom stereocenters. The van der Waals surface area contributed by atoms with E-state index in [0.717, 1.165) is 39.6 Å². The van der Waals surface area contributed by atoms with Crippen LogP contribution in [0.2, 0.25) is 0 Å². The second-order valence-electron chi connectivity index (χ2n) is 3.68. The number of aliphatic hydroxyl groups is 2. The number of hydrogen-bond donors (Lipinski definition) is 2. The van der Waals surface area contributed by atoms with Gasteiger partial charge in [-0.15, -0.1) is 0 Å². The third-order valence-electron chi connectivity index (χ3n) is 1.92. The predicted octanol–water partition coefficient (Wildman–Crippen LogP) is -0.186. The average molecular weight is 266 g/mol. The summed E-state index contributed by atoms with van der Waals surface area (Å²) in [5, 5.41) is 15.2. The van der Waals surface area contributed by atoms with Crippen molar-refractivity contribution in [2.45, 2.75) is 26.1 Å². The molecule has 2 aliphatic rings. The van der Waals surface area contributed by atoms with Gasteiger partial charge in [0.25, 0.3) is 0 Å². The van der Waals surface area contributed by atoms with Crippen molar-refractivity contribution in [1.29, 1.82) is 0 Å². The van der Waals surface area contributed by atoms with E-state index < -0.39 is 0 Å². The summed E-state index contributed by atoms with van der Waals surface area (Å²) >= 11 is 0. The van der Waals surface area contributed by atoms with E-state index in [1.165, 1.54) is 0 Å². The van der Waals surface area contributed by atoms with Gasteiger partial charge >= 0.3 is 0 Å². The van der Waals surface area contributed by atoms with Crippen molar-refractivity contribution in [2.24, 2.45) is 0 Å². The van der Waals surface area contributed by atoms with Crippen LogP contribution in [-0.4, -0.2) is 75.3 Å². The first kappa shape index (κ1) is 17.8. The van der Waals surface area contributed by atoms with Gasteiger partial charge in [-0.25, -0.2) is 0 Å². The fourth-order valence-corrected chi connectivity index (χ4v) is 0.864. The molecule has 0 aliphatic carbocycles. The van der Waals surface area contributed by atoms with Crippen molar-refractivity contribution < 1.29 is 29.2 Å². The van der Waals surface area contributed by atoms with Gasteiger partial charge in [0.2, 0.25) is 0 Å². The van der Waals surface area contributed by atoms with Crippen molar-refractivity contribution in [2.75, 3.05) is 52.9 Å². The maximum atomic E-state index is 7.62. The highest BCUT2D eigenvalue weighted by atomic mass is 16.6. The first-order chi connectivity index (χ1) is 8.78. The molecule has 2 rings (SSSR count). The number of rotatable bonds is 7. The van der Waals surface area contributed by atoms with Crippen LogP contribution in [0.15, 0.2) is 0 Å². The van der Waals surface area contributed by atoms with E-state index in [1.807, 2.05) is 13.8 Å². The standard InChI is InChI=1S/C6H10O3.C4H10O.C2H6O2/c1(5-3-8-5)7-2-6-4-9-6;1-3-5-4-2;3-1-2-4/h5-6H,1-4H2;3-4H2,1-2H3;3-4H,1-2H2. The van der Waals surface area contributed by atoms with Crippen molar-refractivity contribution in [3.05, 3.63) is 0 Å². The second-order valence-corrected chi connectivity index (χ2v) is 3.68. The number of epoxide rings is 2. The Morgan fingerprint density at radius 1 is 0.889 bits per heavy atom. The van der Waals surface area contributed by atoms with Crippen LogP contribution in [0.3, 0.4) is 0 Å². The highest BCUT2D eigenvalue weighted by Crippen LogP contribution is 2.12. The van der Waals surface area contributed by atoms with Crippen LogP contribution >= 0.6 is 0 Å². The lowest BCUT2D eigenvalue weighted by atomic mass is 10.5. The van der Waals surface area contributed by atoms with Crippen LogP contribution in [-0.2, 0) is 18.9 Å². The monoisotopic (exact) mass is 266 g/mol. The number of hydrogen-bond acceptors (Lipinski definition) is 6. The molecule has 110 valence electrons. The van der Waals surface area contributed by atoms with Crippen LogP contribution in [0.1, 0.15) is 13.8 Å².